The molecule has 280 valence electrons. The summed E-state index contributed by atoms with van der Waals surface area (Å²) in [6.07, 6.45) is 2.62. The molecule has 1 aliphatic carbocycles. The van der Waals surface area contributed by atoms with E-state index in [9.17, 15) is 9.59 Å². The van der Waals surface area contributed by atoms with Gasteiger partial charge in [-0.3, -0.25) is 4.57 Å². The van der Waals surface area contributed by atoms with Gasteiger partial charge in [0.05, 0.1) is 36.3 Å². The highest BCUT2D eigenvalue weighted by molar-refractivity contribution is 6.02. The number of para-hydroxylation sites is 1. The molecule has 6 aromatic rings. The molecule has 0 aliphatic heterocycles. The maximum atomic E-state index is 13.5. The van der Waals surface area contributed by atoms with Gasteiger partial charge in [0.25, 0.3) is 6.01 Å². The molecule has 1 aliphatic rings. The van der Waals surface area contributed by atoms with Gasteiger partial charge in [-0.05, 0) is 77.4 Å². The van der Waals surface area contributed by atoms with Gasteiger partial charge < -0.3 is 18.9 Å². The first-order valence-electron chi connectivity index (χ1n) is 18.7. The quantitative estimate of drug-likeness (QED) is 0.0888. The summed E-state index contributed by atoms with van der Waals surface area (Å²) < 4.78 is 25.9. The van der Waals surface area contributed by atoms with Crippen molar-refractivity contribution in [2.75, 3.05) is 6.61 Å². The van der Waals surface area contributed by atoms with Crippen LogP contribution < -0.4 is 4.74 Å². The van der Waals surface area contributed by atoms with Crippen LogP contribution >= 0.6 is 0 Å². The molecule has 0 bridgehead atoms. The minimum absolute atomic E-state index is 0.170. The number of hydrogen-bond acceptors (Lipinski definition) is 10. The van der Waals surface area contributed by atoms with Gasteiger partial charge in [0.15, 0.2) is 5.82 Å². The molecule has 0 radical (unpaired) electrons. The van der Waals surface area contributed by atoms with Crippen molar-refractivity contribution in [2.24, 2.45) is 0 Å². The Morgan fingerprint density at radius 1 is 0.796 bits per heavy atom. The fourth-order valence-corrected chi connectivity index (χ4v) is 6.60. The van der Waals surface area contributed by atoms with Gasteiger partial charge in [-0.1, -0.05) is 105 Å². The zero-order valence-corrected chi connectivity index (χ0v) is 31.2. The lowest BCUT2D eigenvalue weighted by Crippen LogP contribution is -2.26. The maximum Gasteiger partial charge on any atom is 0.511 e. The first-order valence-corrected chi connectivity index (χ1v) is 18.7. The molecule has 12 heteroatoms. The number of esters is 1. The van der Waals surface area contributed by atoms with Crippen molar-refractivity contribution < 1.29 is 28.5 Å². The molecule has 4 aromatic carbocycles. The number of ether oxygens (including phenoxy) is 4. The number of nitrogens with zero attached hydrogens (tertiary/aromatic N) is 6. The molecule has 12 nitrogen and oxygen atoms in total. The maximum absolute atomic E-state index is 13.5. The van der Waals surface area contributed by atoms with E-state index in [2.05, 4.69) is 38.7 Å². The fourth-order valence-electron chi connectivity index (χ4n) is 6.60. The van der Waals surface area contributed by atoms with Gasteiger partial charge in [-0.2, -0.15) is 4.98 Å². The summed E-state index contributed by atoms with van der Waals surface area (Å²) in [5.41, 5.74) is 6.35. The summed E-state index contributed by atoms with van der Waals surface area (Å²) in [4.78, 5) is 30.6. The first kappa shape index (κ1) is 37.7. The largest absolute Gasteiger partial charge is 0.511 e. The van der Waals surface area contributed by atoms with E-state index in [0.717, 1.165) is 59.9 Å². The Bertz CT molecular complexity index is 2140. The number of hydrogen-bond donors (Lipinski definition) is 0. The molecule has 1 fully saturated rings. The minimum Gasteiger partial charge on any atom is -0.465 e. The summed E-state index contributed by atoms with van der Waals surface area (Å²) in [6, 6.07) is 31.9. The molecule has 0 amide bonds. The first-order chi connectivity index (χ1) is 26.5. The van der Waals surface area contributed by atoms with E-state index in [-0.39, 0.29) is 11.7 Å². The van der Waals surface area contributed by atoms with E-state index in [0.29, 0.717) is 42.6 Å². The number of benzene rings is 4. The number of rotatable bonds is 12. The van der Waals surface area contributed by atoms with Crippen LogP contribution in [-0.2, 0) is 27.3 Å². The zero-order valence-electron chi connectivity index (χ0n) is 31.2. The van der Waals surface area contributed by atoms with E-state index in [1.807, 2.05) is 92.1 Å². The highest BCUT2D eigenvalue weighted by Gasteiger charge is 2.25. The SMILES string of the molecule is CC.CCOc1nc2cccc(C(=O)OC(C)OC(=O)OC3CCCCC3)c2n1Cc1ccc(-c2ccccc2-c2nnnn2Cc2ccccc2)cc1. The van der Waals surface area contributed by atoms with E-state index in [1.165, 1.54) is 6.92 Å². The van der Waals surface area contributed by atoms with Crippen LogP contribution in [0.25, 0.3) is 33.5 Å². The standard InChI is InChI=1S/C40H40N6O6.C2H6/c1-3-49-39-41-35-20-12-19-34(38(47)50-27(2)51-40(48)52-31-15-8-5-9-16-31)36(35)45(39)25-29-21-23-30(24-22-29)32-17-10-11-18-33(32)37-42-43-44-46(37)26-28-13-6-4-7-14-28;1-2/h4,6-7,10-14,17-24,27,31H,3,5,8-9,15-16,25-26H2,1-2H3;1-2H3. The van der Waals surface area contributed by atoms with Gasteiger partial charge in [0.2, 0.25) is 6.29 Å². The van der Waals surface area contributed by atoms with Crippen LogP contribution in [0.2, 0.25) is 0 Å². The summed E-state index contributed by atoms with van der Waals surface area (Å²) in [5, 5.41) is 12.6. The monoisotopic (exact) mass is 730 g/mol. The van der Waals surface area contributed by atoms with Crippen LogP contribution in [0.5, 0.6) is 6.01 Å². The molecule has 1 atom stereocenters. The summed E-state index contributed by atoms with van der Waals surface area (Å²) in [6.45, 7) is 8.68. The van der Waals surface area contributed by atoms with Crippen LogP contribution in [-0.4, -0.2) is 60.9 Å². The number of fused-ring (bicyclic) bond motifs is 1. The van der Waals surface area contributed by atoms with Crippen molar-refractivity contribution in [1.82, 2.24) is 29.8 Å². The average Bonchev–Trinajstić information content (AvgIpc) is 3.80. The molecular formula is C42H46N6O6. The van der Waals surface area contributed by atoms with Gasteiger partial charge in [-0.15, -0.1) is 5.10 Å². The van der Waals surface area contributed by atoms with Crippen molar-refractivity contribution in [3.63, 3.8) is 0 Å². The third-order valence-corrected chi connectivity index (χ3v) is 9.06. The molecule has 0 spiro atoms. The summed E-state index contributed by atoms with van der Waals surface area (Å²) in [7, 11) is 0. The average molecular weight is 731 g/mol. The Morgan fingerprint density at radius 3 is 2.24 bits per heavy atom. The smallest absolute Gasteiger partial charge is 0.465 e. The molecule has 2 aromatic heterocycles. The van der Waals surface area contributed by atoms with Crippen LogP contribution in [0.4, 0.5) is 4.79 Å². The topological polar surface area (TPSA) is 132 Å². The molecule has 54 heavy (non-hydrogen) atoms. The van der Waals surface area contributed by atoms with Crippen LogP contribution in [0.1, 0.15) is 81.3 Å². The normalized spacial score (nSPS) is 13.4. The predicted molar refractivity (Wildman–Crippen MR) is 205 cm³/mol. The molecule has 0 saturated heterocycles. The van der Waals surface area contributed by atoms with Gasteiger partial charge in [-0.25, -0.2) is 14.3 Å². The molecule has 1 unspecified atom stereocenters. The van der Waals surface area contributed by atoms with Crippen LogP contribution in [0.3, 0.4) is 0 Å². The second kappa shape index (κ2) is 18.1. The second-order valence-electron chi connectivity index (χ2n) is 12.7. The Hall–Kier alpha value is -6.04. The Labute approximate surface area is 315 Å². The summed E-state index contributed by atoms with van der Waals surface area (Å²) in [5.74, 6) is 0.0179. The highest BCUT2D eigenvalue weighted by atomic mass is 16.8. The van der Waals surface area contributed by atoms with E-state index in [1.54, 1.807) is 16.8 Å². The molecule has 1 saturated carbocycles. The third kappa shape index (κ3) is 8.94. The molecule has 0 N–H and O–H groups in total. The van der Waals surface area contributed by atoms with Crippen molar-refractivity contribution in [2.45, 2.75) is 85.3 Å². The Balaban J connectivity index is 0.00000245. The number of aromatic nitrogens is 6. The van der Waals surface area contributed by atoms with Crippen LogP contribution in [0.15, 0.2) is 97.1 Å². The van der Waals surface area contributed by atoms with Gasteiger partial charge >= 0.3 is 12.1 Å². The number of carbonyl (C=O) groups excluding carboxylic acids is 2. The molecular weight excluding hydrogens is 684 g/mol. The summed E-state index contributed by atoms with van der Waals surface area (Å²) >= 11 is 0. The third-order valence-electron chi connectivity index (χ3n) is 9.06. The van der Waals surface area contributed by atoms with Gasteiger partial charge in [0, 0.05) is 12.5 Å². The van der Waals surface area contributed by atoms with E-state index >= 15 is 0 Å². The highest BCUT2D eigenvalue weighted by Crippen LogP contribution is 2.32. The van der Waals surface area contributed by atoms with Crippen molar-refractivity contribution >= 4 is 23.2 Å². The lowest BCUT2D eigenvalue weighted by Gasteiger charge is -2.22. The zero-order chi connectivity index (χ0) is 37.9. The lowest BCUT2D eigenvalue weighted by molar-refractivity contribution is -0.0914. The predicted octanol–water partition coefficient (Wildman–Crippen LogP) is 8.87. The minimum atomic E-state index is -1.15. The number of imidazole rings is 1. The van der Waals surface area contributed by atoms with Crippen molar-refractivity contribution in [3.8, 4) is 28.5 Å². The fraction of sp³-hybridized carbons (Fsp3) is 0.333. The molecule has 2 heterocycles. The van der Waals surface area contributed by atoms with Crippen molar-refractivity contribution in [3.05, 3.63) is 114 Å². The number of tetrazole rings is 1. The molecule has 7 rings (SSSR count). The second-order valence-corrected chi connectivity index (χ2v) is 12.7. The Morgan fingerprint density at radius 2 is 1.50 bits per heavy atom. The number of carbonyl (C=O) groups is 2. The lowest BCUT2D eigenvalue weighted by atomic mass is 9.98. The van der Waals surface area contributed by atoms with E-state index < -0.39 is 18.4 Å². The van der Waals surface area contributed by atoms with Crippen molar-refractivity contribution in [1.29, 1.82) is 0 Å². The van der Waals surface area contributed by atoms with E-state index in [4.69, 9.17) is 18.9 Å². The van der Waals surface area contributed by atoms with Crippen LogP contribution in [0, 0.1) is 0 Å². The Kier molecular flexibility index (Phi) is 12.7. The van der Waals surface area contributed by atoms with Gasteiger partial charge in [0.1, 0.15) is 6.10 Å².